The Morgan fingerprint density at radius 3 is 2.83 bits per heavy atom. The minimum absolute atomic E-state index is 0.389. The molecule has 0 radical (unpaired) electrons. The van der Waals surface area contributed by atoms with E-state index in [-0.39, 0.29) is 6.61 Å². The minimum atomic E-state index is -3.23. The zero-order valence-electron chi connectivity index (χ0n) is 13.0. The number of nitrogens with zero attached hydrogens (tertiary/aromatic N) is 4. The van der Waals surface area contributed by atoms with Gasteiger partial charge in [0.05, 0.1) is 12.9 Å². The van der Waals surface area contributed by atoms with Gasteiger partial charge in [0.25, 0.3) is 0 Å². The summed E-state index contributed by atoms with van der Waals surface area (Å²) in [6, 6.07) is 0. The molecule has 12 heteroatoms. The third-order valence-electron chi connectivity index (χ3n) is 3.84. The molecule has 2 aromatic heterocycles. The molecule has 24 heavy (non-hydrogen) atoms. The van der Waals surface area contributed by atoms with Crippen molar-refractivity contribution < 1.29 is 28.6 Å². The van der Waals surface area contributed by atoms with E-state index in [0.717, 1.165) is 0 Å². The first-order valence-corrected chi connectivity index (χ1v) is 8.41. The van der Waals surface area contributed by atoms with E-state index in [9.17, 15) is 9.67 Å². The number of hydrogen-bond donors (Lipinski definition) is 3. The van der Waals surface area contributed by atoms with Crippen LogP contribution in [0.15, 0.2) is 12.7 Å². The first-order chi connectivity index (χ1) is 11.6. The third kappa shape index (κ3) is 2.90. The first kappa shape index (κ1) is 17.2. The maximum atomic E-state index is 11.1. The quantitative estimate of drug-likeness (QED) is 0.580. The van der Waals surface area contributed by atoms with E-state index in [4.69, 9.17) is 18.9 Å². The van der Waals surface area contributed by atoms with Crippen molar-refractivity contribution in [2.45, 2.75) is 24.5 Å². The Balaban J connectivity index is 2.01. The lowest BCUT2D eigenvalue weighted by molar-refractivity contribution is -0.0583. The van der Waals surface area contributed by atoms with Gasteiger partial charge in [0.15, 0.2) is 17.7 Å². The van der Waals surface area contributed by atoms with Crippen LogP contribution >= 0.6 is 8.25 Å². The topological polar surface area (TPSA) is 141 Å². The Labute approximate surface area is 137 Å². The summed E-state index contributed by atoms with van der Waals surface area (Å²) in [6.07, 6.45) is -0.284. The molecule has 132 valence electrons. The maximum absolute atomic E-state index is 11.1. The minimum Gasteiger partial charge on any atom is -0.394 e. The van der Waals surface area contributed by atoms with Crippen molar-refractivity contribution in [2.24, 2.45) is 0 Å². The zero-order valence-corrected chi connectivity index (χ0v) is 14.0. The number of anilines is 1. The molecule has 1 aliphatic heterocycles. The second kappa shape index (κ2) is 7.09. The Hall–Kier alpha value is -1.62. The van der Waals surface area contributed by atoms with Crippen molar-refractivity contribution in [1.29, 1.82) is 0 Å². The molecule has 3 heterocycles. The second-order valence-electron chi connectivity index (χ2n) is 5.09. The number of methoxy groups -OCH3 is 1. The van der Waals surface area contributed by atoms with Crippen molar-refractivity contribution in [3.63, 3.8) is 0 Å². The molecule has 2 aromatic rings. The Morgan fingerprint density at radius 2 is 2.21 bits per heavy atom. The summed E-state index contributed by atoms with van der Waals surface area (Å²) in [4.78, 5) is 21.6. The fraction of sp³-hybridized carbons (Fsp3) is 0.583. The normalized spacial score (nSPS) is 28.3. The van der Waals surface area contributed by atoms with Crippen LogP contribution in [0.4, 0.5) is 5.82 Å². The molecular weight excluding hydrogens is 341 g/mol. The van der Waals surface area contributed by atoms with E-state index >= 15 is 0 Å². The molecule has 0 aromatic carbocycles. The number of ether oxygens (including phenoxy) is 2. The van der Waals surface area contributed by atoms with Crippen LogP contribution < -0.4 is 5.32 Å². The Morgan fingerprint density at radius 1 is 1.42 bits per heavy atom. The van der Waals surface area contributed by atoms with Crippen LogP contribution in [-0.2, 0) is 18.6 Å². The van der Waals surface area contributed by atoms with Gasteiger partial charge in [0, 0.05) is 14.2 Å². The molecule has 1 fully saturated rings. The van der Waals surface area contributed by atoms with Gasteiger partial charge in [-0.05, 0) is 0 Å². The largest absolute Gasteiger partial charge is 0.394 e. The molecule has 0 saturated carbocycles. The van der Waals surface area contributed by atoms with Crippen LogP contribution in [0.1, 0.15) is 6.23 Å². The SMILES string of the molecule is CNc1ncnc2c1ncn2[C@@H]1OC(CO)C(O[PH](=O)O)C1OC. The van der Waals surface area contributed by atoms with Crippen LogP contribution in [-0.4, -0.2) is 68.6 Å². The highest BCUT2D eigenvalue weighted by Crippen LogP contribution is 2.38. The molecular formula is C12H18N5O6P. The number of nitrogens with one attached hydrogen (secondary N) is 1. The first-order valence-electron chi connectivity index (χ1n) is 7.14. The van der Waals surface area contributed by atoms with Crippen molar-refractivity contribution in [3.8, 4) is 0 Å². The number of hydrogen-bond acceptors (Lipinski definition) is 9. The van der Waals surface area contributed by atoms with Gasteiger partial charge in [0.1, 0.15) is 30.2 Å². The van der Waals surface area contributed by atoms with E-state index < -0.39 is 32.8 Å². The highest BCUT2D eigenvalue weighted by molar-refractivity contribution is 7.32. The average Bonchev–Trinajstić information content (AvgIpc) is 3.14. The predicted molar refractivity (Wildman–Crippen MR) is 82.8 cm³/mol. The fourth-order valence-electron chi connectivity index (χ4n) is 2.81. The summed E-state index contributed by atoms with van der Waals surface area (Å²) in [5.74, 6) is 0.553. The van der Waals surface area contributed by atoms with Gasteiger partial charge in [-0.1, -0.05) is 0 Å². The highest BCUT2D eigenvalue weighted by atomic mass is 31.1. The van der Waals surface area contributed by atoms with Gasteiger partial charge >= 0.3 is 8.25 Å². The number of imidazole rings is 1. The van der Waals surface area contributed by atoms with Crippen molar-refractivity contribution in [2.75, 3.05) is 26.1 Å². The van der Waals surface area contributed by atoms with Crippen LogP contribution in [0, 0.1) is 0 Å². The van der Waals surface area contributed by atoms with Gasteiger partial charge in [-0.25, -0.2) is 15.0 Å². The van der Waals surface area contributed by atoms with Crippen molar-refractivity contribution in [1.82, 2.24) is 19.5 Å². The van der Waals surface area contributed by atoms with Crippen LogP contribution in [0.3, 0.4) is 0 Å². The van der Waals surface area contributed by atoms with Gasteiger partial charge in [-0.15, -0.1) is 0 Å². The summed E-state index contributed by atoms with van der Waals surface area (Å²) in [7, 11) is -0.0806. The van der Waals surface area contributed by atoms with E-state index in [2.05, 4.69) is 20.3 Å². The van der Waals surface area contributed by atoms with Crippen LogP contribution in [0.25, 0.3) is 11.2 Å². The molecule has 0 bridgehead atoms. The molecule has 11 nitrogen and oxygen atoms in total. The summed E-state index contributed by atoms with van der Waals surface area (Å²) in [5.41, 5.74) is 1.04. The van der Waals surface area contributed by atoms with E-state index in [1.807, 2.05) is 0 Å². The van der Waals surface area contributed by atoms with Crippen LogP contribution in [0.5, 0.6) is 0 Å². The molecule has 4 unspecified atom stereocenters. The number of aliphatic hydroxyl groups is 1. The van der Waals surface area contributed by atoms with Crippen molar-refractivity contribution >= 4 is 25.2 Å². The van der Waals surface area contributed by atoms with Gasteiger partial charge in [0.2, 0.25) is 0 Å². The van der Waals surface area contributed by atoms with E-state index in [0.29, 0.717) is 17.0 Å². The molecule has 0 aliphatic carbocycles. The van der Waals surface area contributed by atoms with Gasteiger partial charge in [-0.2, -0.15) is 0 Å². The lowest BCUT2D eigenvalue weighted by Crippen LogP contribution is -2.35. The number of fused-ring (bicyclic) bond motifs is 1. The van der Waals surface area contributed by atoms with Crippen molar-refractivity contribution in [3.05, 3.63) is 12.7 Å². The Kier molecular flexibility index (Phi) is 5.09. The van der Waals surface area contributed by atoms with Gasteiger partial charge < -0.3 is 29.3 Å². The van der Waals surface area contributed by atoms with E-state index in [1.165, 1.54) is 19.8 Å². The molecule has 5 atom stereocenters. The standard InChI is InChI=1S/C12H18N5O6P/c1-13-10-7-11(15-4-14-10)17(5-16-7)12-9(21-2)8(23-24(19)20)6(3-18)22-12/h4-6,8-9,12,18,24H,3H2,1-2H3,(H,19,20)(H,13,14,15)/t6?,8?,9?,12-/m1/s1. The van der Waals surface area contributed by atoms with Gasteiger partial charge in [-0.3, -0.25) is 9.13 Å². The van der Waals surface area contributed by atoms with E-state index in [1.54, 1.807) is 11.6 Å². The number of aromatic nitrogens is 4. The summed E-state index contributed by atoms with van der Waals surface area (Å²) in [6.45, 7) is -0.389. The highest BCUT2D eigenvalue weighted by Gasteiger charge is 2.47. The summed E-state index contributed by atoms with van der Waals surface area (Å²) < 4.78 is 28.9. The fourth-order valence-corrected chi connectivity index (χ4v) is 3.33. The van der Waals surface area contributed by atoms with Crippen LogP contribution in [0.2, 0.25) is 0 Å². The lowest BCUT2D eigenvalue weighted by atomic mass is 10.1. The third-order valence-corrected chi connectivity index (χ3v) is 4.32. The smallest absolute Gasteiger partial charge is 0.317 e. The number of rotatable bonds is 6. The summed E-state index contributed by atoms with van der Waals surface area (Å²) >= 11 is 0. The molecule has 1 aliphatic rings. The monoisotopic (exact) mass is 359 g/mol. The molecule has 3 N–H and O–H groups in total. The molecule has 3 rings (SSSR count). The predicted octanol–water partition coefficient (Wildman–Crippen LogP) is -0.460. The molecule has 0 amide bonds. The molecule has 1 saturated heterocycles. The Bertz CT molecular complexity index is 742. The molecule has 0 spiro atoms. The number of aliphatic hydroxyl groups excluding tert-OH is 1. The zero-order chi connectivity index (χ0) is 17.3. The lowest BCUT2D eigenvalue weighted by Gasteiger charge is -2.22. The second-order valence-corrected chi connectivity index (χ2v) is 5.86. The maximum Gasteiger partial charge on any atom is 0.317 e. The summed E-state index contributed by atoms with van der Waals surface area (Å²) in [5, 5.41) is 12.4. The average molecular weight is 359 g/mol.